The minimum atomic E-state index is -1.06. The second-order valence-electron chi connectivity index (χ2n) is 1.81. The van der Waals surface area contributed by atoms with Crippen LogP contribution in [0, 0.1) is 0 Å². The van der Waals surface area contributed by atoms with Gasteiger partial charge in [-0.2, -0.15) is 0 Å². The van der Waals surface area contributed by atoms with E-state index in [1.54, 1.807) is 0 Å². The van der Waals surface area contributed by atoms with E-state index in [4.69, 9.17) is 16.7 Å². The van der Waals surface area contributed by atoms with E-state index in [-0.39, 0.29) is 6.61 Å². The number of hydrogen-bond donors (Lipinski definition) is 2. The lowest BCUT2D eigenvalue weighted by Gasteiger charge is -2.04. The SMILES string of the molecule is C[C@@H](O)C(=O)NOC/C=C/Cl. The lowest BCUT2D eigenvalue weighted by Crippen LogP contribution is -2.32. The quantitative estimate of drug-likeness (QED) is 0.478. The van der Waals surface area contributed by atoms with Gasteiger partial charge in [-0.25, -0.2) is 5.48 Å². The highest BCUT2D eigenvalue weighted by atomic mass is 35.5. The van der Waals surface area contributed by atoms with Crippen LogP contribution in [0.3, 0.4) is 0 Å². The van der Waals surface area contributed by atoms with Gasteiger partial charge in [0.1, 0.15) is 6.10 Å². The minimum absolute atomic E-state index is 0.183. The Kier molecular flexibility index (Phi) is 5.83. The molecule has 1 atom stereocenters. The van der Waals surface area contributed by atoms with Crippen molar-refractivity contribution < 1.29 is 14.7 Å². The Bertz CT molecular complexity index is 147. The van der Waals surface area contributed by atoms with Gasteiger partial charge >= 0.3 is 0 Å². The normalized spacial score (nSPS) is 13.4. The Morgan fingerprint density at radius 2 is 2.55 bits per heavy atom. The Hall–Kier alpha value is -0.580. The molecule has 0 radical (unpaired) electrons. The van der Waals surface area contributed by atoms with Crippen LogP contribution in [-0.2, 0) is 9.63 Å². The maximum Gasteiger partial charge on any atom is 0.272 e. The van der Waals surface area contributed by atoms with E-state index in [0.717, 1.165) is 0 Å². The van der Waals surface area contributed by atoms with Gasteiger partial charge in [0, 0.05) is 5.54 Å². The maximum absolute atomic E-state index is 10.6. The number of carbonyl (C=O) groups is 1. The Balaban J connectivity index is 3.32. The molecule has 0 unspecified atom stereocenters. The van der Waals surface area contributed by atoms with Crippen LogP contribution in [0.1, 0.15) is 6.92 Å². The number of amides is 1. The molecule has 0 aliphatic rings. The summed E-state index contributed by atoms with van der Waals surface area (Å²) >= 11 is 5.16. The molecule has 64 valence electrons. The number of hydrogen-bond acceptors (Lipinski definition) is 3. The molecule has 0 heterocycles. The predicted octanol–water partition coefficient (Wildman–Crippen LogP) is 0.167. The molecule has 0 spiro atoms. The summed E-state index contributed by atoms with van der Waals surface area (Å²) in [4.78, 5) is 15.1. The summed E-state index contributed by atoms with van der Waals surface area (Å²) in [6.45, 7) is 1.53. The maximum atomic E-state index is 10.6. The second-order valence-corrected chi connectivity index (χ2v) is 2.07. The zero-order valence-electron chi connectivity index (χ0n) is 6.08. The first-order chi connectivity index (χ1) is 5.18. The lowest BCUT2D eigenvalue weighted by molar-refractivity contribution is -0.140. The number of halogens is 1. The molecule has 0 rings (SSSR count). The van der Waals surface area contributed by atoms with Crippen LogP contribution in [0.15, 0.2) is 11.6 Å². The number of nitrogens with one attached hydrogen (secondary N) is 1. The van der Waals surface area contributed by atoms with Crippen LogP contribution >= 0.6 is 11.6 Å². The van der Waals surface area contributed by atoms with Crippen molar-refractivity contribution in [1.82, 2.24) is 5.48 Å². The summed E-state index contributed by atoms with van der Waals surface area (Å²) < 4.78 is 0. The number of hydroxylamine groups is 1. The first-order valence-corrected chi connectivity index (χ1v) is 3.47. The summed E-state index contributed by atoms with van der Waals surface area (Å²) in [5, 5.41) is 8.64. The van der Waals surface area contributed by atoms with Gasteiger partial charge in [-0.1, -0.05) is 11.6 Å². The molecule has 0 saturated heterocycles. The Morgan fingerprint density at radius 3 is 3.00 bits per heavy atom. The van der Waals surface area contributed by atoms with E-state index < -0.39 is 12.0 Å². The van der Waals surface area contributed by atoms with Crippen molar-refractivity contribution in [1.29, 1.82) is 0 Å². The van der Waals surface area contributed by atoms with Crippen molar-refractivity contribution >= 4 is 17.5 Å². The third-order valence-corrected chi connectivity index (χ3v) is 0.999. The fourth-order valence-corrected chi connectivity index (χ4v) is 0.355. The van der Waals surface area contributed by atoms with E-state index in [1.165, 1.54) is 18.5 Å². The molecule has 5 heteroatoms. The van der Waals surface area contributed by atoms with Crippen LogP contribution in [0.4, 0.5) is 0 Å². The highest BCUT2D eigenvalue weighted by molar-refractivity contribution is 6.25. The third kappa shape index (κ3) is 5.84. The molecular formula is C6H10ClNO3. The first kappa shape index (κ1) is 10.4. The monoisotopic (exact) mass is 179 g/mol. The molecule has 11 heavy (non-hydrogen) atoms. The van der Waals surface area contributed by atoms with E-state index >= 15 is 0 Å². The average Bonchev–Trinajstić information content (AvgIpc) is 1.97. The number of carbonyl (C=O) groups excluding carboxylic acids is 1. The van der Waals surface area contributed by atoms with Crippen molar-refractivity contribution in [3.63, 3.8) is 0 Å². The van der Waals surface area contributed by atoms with E-state index in [0.29, 0.717) is 0 Å². The number of rotatable bonds is 4. The van der Waals surface area contributed by atoms with Gasteiger partial charge in [0.15, 0.2) is 0 Å². The molecule has 2 N–H and O–H groups in total. The highest BCUT2D eigenvalue weighted by Gasteiger charge is 2.06. The van der Waals surface area contributed by atoms with Gasteiger partial charge in [0.2, 0.25) is 0 Å². The Morgan fingerprint density at radius 1 is 1.91 bits per heavy atom. The first-order valence-electron chi connectivity index (χ1n) is 3.03. The van der Waals surface area contributed by atoms with Crippen molar-refractivity contribution in [2.75, 3.05) is 6.61 Å². The zero-order chi connectivity index (χ0) is 8.69. The number of aliphatic hydroxyl groups excluding tert-OH is 1. The van der Waals surface area contributed by atoms with Crippen molar-refractivity contribution in [3.8, 4) is 0 Å². The summed E-state index contributed by atoms with van der Waals surface area (Å²) in [5.41, 5.74) is 3.29. The molecule has 0 aliphatic carbocycles. The molecule has 0 aromatic carbocycles. The molecule has 0 fully saturated rings. The number of aliphatic hydroxyl groups is 1. The minimum Gasteiger partial charge on any atom is -0.383 e. The molecule has 0 bridgehead atoms. The second kappa shape index (κ2) is 6.15. The van der Waals surface area contributed by atoms with Crippen molar-refractivity contribution in [3.05, 3.63) is 11.6 Å². The van der Waals surface area contributed by atoms with Gasteiger partial charge in [-0.05, 0) is 13.0 Å². The average molecular weight is 180 g/mol. The van der Waals surface area contributed by atoms with Gasteiger partial charge in [-0.3, -0.25) is 9.63 Å². The zero-order valence-corrected chi connectivity index (χ0v) is 6.84. The topological polar surface area (TPSA) is 58.6 Å². The van der Waals surface area contributed by atoms with Crippen LogP contribution in [0.25, 0.3) is 0 Å². The lowest BCUT2D eigenvalue weighted by atomic mass is 10.4. The summed E-state index contributed by atoms with van der Waals surface area (Å²) in [7, 11) is 0. The fraction of sp³-hybridized carbons (Fsp3) is 0.500. The summed E-state index contributed by atoms with van der Waals surface area (Å²) in [6.07, 6.45) is 0.444. The van der Waals surface area contributed by atoms with Crippen molar-refractivity contribution in [2.45, 2.75) is 13.0 Å². The van der Waals surface area contributed by atoms with Crippen LogP contribution < -0.4 is 5.48 Å². The van der Waals surface area contributed by atoms with Crippen LogP contribution in [0.5, 0.6) is 0 Å². The molecule has 0 saturated carbocycles. The molecule has 0 aliphatic heterocycles. The molecule has 0 aromatic rings. The molecule has 0 aromatic heterocycles. The smallest absolute Gasteiger partial charge is 0.272 e. The van der Waals surface area contributed by atoms with Crippen molar-refractivity contribution in [2.24, 2.45) is 0 Å². The molecular weight excluding hydrogens is 170 g/mol. The van der Waals surface area contributed by atoms with E-state index in [9.17, 15) is 4.79 Å². The fourth-order valence-electron chi connectivity index (χ4n) is 0.283. The van der Waals surface area contributed by atoms with Gasteiger partial charge in [0.25, 0.3) is 5.91 Å². The van der Waals surface area contributed by atoms with Crippen LogP contribution in [0.2, 0.25) is 0 Å². The third-order valence-electron chi connectivity index (χ3n) is 0.821. The Labute approximate surface area is 69.8 Å². The highest BCUT2D eigenvalue weighted by Crippen LogP contribution is 1.81. The van der Waals surface area contributed by atoms with Crippen LogP contribution in [-0.4, -0.2) is 23.7 Å². The van der Waals surface area contributed by atoms with E-state index in [1.807, 2.05) is 5.48 Å². The largest absolute Gasteiger partial charge is 0.383 e. The predicted molar refractivity (Wildman–Crippen MR) is 40.8 cm³/mol. The van der Waals surface area contributed by atoms with Gasteiger partial charge < -0.3 is 5.11 Å². The van der Waals surface area contributed by atoms with Gasteiger partial charge in [0.05, 0.1) is 6.61 Å². The molecule has 4 nitrogen and oxygen atoms in total. The summed E-state index contributed by atoms with van der Waals surface area (Å²) in [5.74, 6) is -0.576. The summed E-state index contributed by atoms with van der Waals surface area (Å²) in [6, 6.07) is 0. The van der Waals surface area contributed by atoms with Gasteiger partial charge in [-0.15, -0.1) is 0 Å². The van der Waals surface area contributed by atoms with E-state index in [2.05, 4.69) is 4.84 Å². The molecule has 1 amide bonds. The standard InChI is InChI=1S/C6H10ClNO3/c1-5(9)6(10)8-11-4-2-3-7/h2-3,5,9H,4H2,1H3,(H,8,10)/b3-2+/t5-/m1/s1.